The van der Waals surface area contributed by atoms with Gasteiger partial charge < -0.3 is 9.13 Å². The van der Waals surface area contributed by atoms with Crippen molar-refractivity contribution < 1.29 is 0 Å². The van der Waals surface area contributed by atoms with Crippen molar-refractivity contribution in [3.63, 3.8) is 0 Å². The van der Waals surface area contributed by atoms with E-state index in [1.807, 2.05) is 72.0 Å². The van der Waals surface area contributed by atoms with Crippen LogP contribution in [0.4, 0.5) is 0 Å². The van der Waals surface area contributed by atoms with E-state index >= 15 is 0 Å². The summed E-state index contributed by atoms with van der Waals surface area (Å²) in [5, 5.41) is 7.42. The highest BCUT2D eigenvalue weighted by molar-refractivity contribution is 7.26. The Kier molecular flexibility index (Phi) is 7.03. The zero-order valence-corrected chi connectivity index (χ0v) is 31.4. The summed E-state index contributed by atoms with van der Waals surface area (Å²) in [6, 6.07) is 66.6. The fourth-order valence-corrected chi connectivity index (χ4v) is 9.86. The number of hydrogen-bond donors (Lipinski definition) is 0. The molecule has 8 aromatic carbocycles. The quantitative estimate of drug-likeness (QED) is 0.176. The van der Waals surface area contributed by atoms with Crippen LogP contribution >= 0.6 is 11.3 Å². The van der Waals surface area contributed by atoms with Gasteiger partial charge in [-0.2, -0.15) is 0 Å². The Morgan fingerprint density at radius 3 is 1.51 bits per heavy atom. The Balaban J connectivity index is 1.16. The van der Waals surface area contributed by atoms with Crippen molar-refractivity contribution >= 4 is 75.1 Å². The van der Waals surface area contributed by atoms with E-state index < -0.39 is 0 Å². The molecule has 4 heterocycles. The van der Waals surface area contributed by atoms with Crippen molar-refractivity contribution in [2.24, 2.45) is 0 Å². The van der Waals surface area contributed by atoms with Gasteiger partial charge in [-0.25, -0.2) is 15.0 Å². The molecule has 0 aliphatic carbocycles. The summed E-state index contributed by atoms with van der Waals surface area (Å²) in [5.74, 6) is 1.91. The largest absolute Gasteiger partial charge is 0.307 e. The van der Waals surface area contributed by atoms with Crippen LogP contribution in [0.2, 0.25) is 0 Å². The molecule has 0 spiro atoms. The summed E-state index contributed by atoms with van der Waals surface area (Å²) >= 11 is 1.87. The van der Waals surface area contributed by atoms with Crippen LogP contribution in [-0.2, 0) is 0 Å². The number of thiophene rings is 1. The maximum absolute atomic E-state index is 5.09. The third-order valence-corrected chi connectivity index (χ3v) is 12.4. The number of fused-ring (bicyclic) bond motifs is 10. The lowest BCUT2D eigenvalue weighted by atomic mass is 10.1. The predicted octanol–water partition coefficient (Wildman–Crippen LogP) is 13.4. The molecular formula is C51H31N5S. The van der Waals surface area contributed by atoms with Crippen LogP contribution in [0.5, 0.6) is 0 Å². The molecule has 0 aliphatic heterocycles. The van der Waals surface area contributed by atoms with Crippen LogP contribution in [-0.4, -0.2) is 24.1 Å². The predicted molar refractivity (Wildman–Crippen MR) is 238 cm³/mol. The summed E-state index contributed by atoms with van der Waals surface area (Å²) in [5.41, 5.74) is 9.68. The summed E-state index contributed by atoms with van der Waals surface area (Å²) in [4.78, 5) is 15.1. The minimum Gasteiger partial charge on any atom is -0.307 e. The number of nitrogens with zero attached hydrogens (tertiary/aromatic N) is 5. The van der Waals surface area contributed by atoms with Gasteiger partial charge in [-0.1, -0.05) is 152 Å². The summed E-state index contributed by atoms with van der Waals surface area (Å²) < 4.78 is 7.52. The first-order valence-electron chi connectivity index (χ1n) is 19.1. The standard InChI is InChI=1S/C51H31N5S/c1-3-15-32(16-4-1)49-52-50(33-17-5-2-6-18-33)54-51(53-49)34-19-13-20-35(31-34)55-42-25-10-7-21-36(42)39-29-30-40-37-22-8-11-26-43(37)56(47(40)46(39)55)44-27-14-24-41-38-23-9-12-28-45(38)57-48(41)44/h1-31H. The average Bonchev–Trinajstić information content (AvgIpc) is 3.95. The number of para-hydroxylation sites is 2. The molecule has 57 heavy (non-hydrogen) atoms. The Hall–Kier alpha value is -7.41. The molecular weight excluding hydrogens is 715 g/mol. The Morgan fingerprint density at radius 1 is 0.351 bits per heavy atom. The first-order chi connectivity index (χ1) is 28.3. The van der Waals surface area contributed by atoms with Gasteiger partial charge in [0.15, 0.2) is 17.5 Å². The SMILES string of the molecule is c1ccc(-c2nc(-c3ccccc3)nc(-c3cccc(-n4c5ccccc5c5ccc6c7ccccc7n(-c7cccc8c7sc7ccccc78)c6c54)c3)n2)cc1. The molecule has 12 rings (SSSR count). The van der Waals surface area contributed by atoms with E-state index in [1.54, 1.807) is 0 Å². The molecule has 0 amide bonds. The maximum atomic E-state index is 5.09. The van der Waals surface area contributed by atoms with Crippen molar-refractivity contribution in [2.75, 3.05) is 0 Å². The van der Waals surface area contributed by atoms with E-state index in [1.165, 1.54) is 58.4 Å². The molecule has 0 aliphatic rings. The minimum atomic E-state index is 0.626. The first kappa shape index (κ1) is 31.9. The van der Waals surface area contributed by atoms with E-state index in [-0.39, 0.29) is 0 Å². The van der Waals surface area contributed by atoms with Crippen LogP contribution in [0.3, 0.4) is 0 Å². The van der Waals surface area contributed by atoms with Gasteiger partial charge in [0.1, 0.15) is 0 Å². The van der Waals surface area contributed by atoms with Crippen molar-refractivity contribution in [3.05, 3.63) is 188 Å². The highest BCUT2D eigenvalue weighted by Crippen LogP contribution is 2.45. The zero-order chi connectivity index (χ0) is 37.5. The lowest BCUT2D eigenvalue weighted by Crippen LogP contribution is -2.01. The first-order valence-corrected chi connectivity index (χ1v) is 19.9. The lowest BCUT2D eigenvalue weighted by Gasteiger charge is -2.14. The van der Waals surface area contributed by atoms with Gasteiger partial charge in [0, 0.05) is 59.4 Å². The molecule has 0 fully saturated rings. The van der Waals surface area contributed by atoms with Gasteiger partial charge in [0.2, 0.25) is 0 Å². The summed E-state index contributed by atoms with van der Waals surface area (Å²) in [6.07, 6.45) is 0. The molecule has 0 saturated carbocycles. The molecule has 6 heteroatoms. The second kappa shape index (κ2) is 12.6. The second-order valence-corrected chi connectivity index (χ2v) is 15.5. The van der Waals surface area contributed by atoms with Crippen molar-refractivity contribution in [1.29, 1.82) is 0 Å². The fourth-order valence-electron chi connectivity index (χ4n) is 8.65. The molecule has 5 nitrogen and oxygen atoms in total. The van der Waals surface area contributed by atoms with E-state index in [0.717, 1.165) is 33.4 Å². The van der Waals surface area contributed by atoms with Crippen LogP contribution in [0.25, 0.3) is 109 Å². The van der Waals surface area contributed by atoms with Crippen LogP contribution in [0.1, 0.15) is 0 Å². The molecule has 0 N–H and O–H groups in total. The van der Waals surface area contributed by atoms with Crippen molar-refractivity contribution in [3.8, 4) is 45.5 Å². The topological polar surface area (TPSA) is 48.5 Å². The zero-order valence-electron chi connectivity index (χ0n) is 30.5. The maximum Gasteiger partial charge on any atom is 0.164 e. The Morgan fingerprint density at radius 2 is 0.842 bits per heavy atom. The number of hydrogen-bond acceptors (Lipinski definition) is 4. The van der Waals surface area contributed by atoms with Gasteiger partial charge in [-0.15, -0.1) is 11.3 Å². The monoisotopic (exact) mass is 745 g/mol. The number of aromatic nitrogens is 5. The molecule has 0 unspecified atom stereocenters. The van der Waals surface area contributed by atoms with Gasteiger partial charge in [0.05, 0.1) is 32.5 Å². The smallest absolute Gasteiger partial charge is 0.164 e. The van der Waals surface area contributed by atoms with E-state index in [0.29, 0.717) is 17.5 Å². The average molecular weight is 746 g/mol. The van der Waals surface area contributed by atoms with Crippen molar-refractivity contribution in [1.82, 2.24) is 24.1 Å². The minimum absolute atomic E-state index is 0.626. The Labute approximate surface area is 331 Å². The van der Waals surface area contributed by atoms with Crippen LogP contribution in [0, 0.1) is 0 Å². The molecule has 0 atom stereocenters. The lowest BCUT2D eigenvalue weighted by molar-refractivity contribution is 1.07. The van der Waals surface area contributed by atoms with Crippen LogP contribution in [0.15, 0.2) is 188 Å². The summed E-state index contributed by atoms with van der Waals surface area (Å²) in [7, 11) is 0. The van der Waals surface area contributed by atoms with Gasteiger partial charge in [-0.3, -0.25) is 0 Å². The number of rotatable bonds is 5. The molecule has 0 bridgehead atoms. The van der Waals surface area contributed by atoms with Crippen LogP contribution < -0.4 is 0 Å². The van der Waals surface area contributed by atoms with E-state index in [2.05, 4.69) is 137 Å². The highest BCUT2D eigenvalue weighted by Gasteiger charge is 2.23. The van der Waals surface area contributed by atoms with Gasteiger partial charge in [-0.05, 0) is 36.4 Å². The number of benzene rings is 8. The summed E-state index contributed by atoms with van der Waals surface area (Å²) in [6.45, 7) is 0. The third-order valence-electron chi connectivity index (χ3n) is 11.2. The van der Waals surface area contributed by atoms with Crippen molar-refractivity contribution in [2.45, 2.75) is 0 Å². The van der Waals surface area contributed by atoms with Gasteiger partial charge >= 0.3 is 0 Å². The molecule has 4 aromatic heterocycles. The second-order valence-electron chi connectivity index (χ2n) is 14.4. The highest BCUT2D eigenvalue weighted by atomic mass is 32.1. The molecule has 0 radical (unpaired) electrons. The Bertz CT molecular complexity index is 3470. The third kappa shape index (κ3) is 4.91. The normalized spacial score (nSPS) is 11.9. The fraction of sp³-hybridized carbons (Fsp3) is 0. The van der Waals surface area contributed by atoms with Gasteiger partial charge in [0.25, 0.3) is 0 Å². The molecule has 266 valence electrons. The van der Waals surface area contributed by atoms with E-state index in [9.17, 15) is 0 Å². The van der Waals surface area contributed by atoms with E-state index in [4.69, 9.17) is 15.0 Å². The molecule has 12 aromatic rings. The molecule has 0 saturated heterocycles.